The maximum absolute atomic E-state index is 5.59. The molecular formula is C15H23N3O. The lowest BCUT2D eigenvalue weighted by atomic mass is 10.1. The van der Waals surface area contributed by atoms with Crippen LogP contribution < -0.4 is 5.73 Å². The van der Waals surface area contributed by atoms with Crippen molar-refractivity contribution in [1.29, 1.82) is 0 Å². The van der Waals surface area contributed by atoms with Crippen LogP contribution in [0.2, 0.25) is 0 Å². The van der Waals surface area contributed by atoms with E-state index in [2.05, 4.69) is 36.0 Å². The molecule has 0 aliphatic heterocycles. The van der Waals surface area contributed by atoms with E-state index >= 15 is 0 Å². The number of fused-ring (bicyclic) bond motifs is 1. The zero-order chi connectivity index (χ0) is 13.8. The molecule has 2 aromatic rings. The Bertz CT molecular complexity index is 535. The third-order valence-electron chi connectivity index (χ3n) is 3.65. The van der Waals surface area contributed by atoms with Crippen molar-refractivity contribution >= 4 is 11.1 Å². The zero-order valence-corrected chi connectivity index (χ0v) is 12.0. The molecule has 1 heterocycles. The van der Waals surface area contributed by atoms with Gasteiger partial charge in [0, 0.05) is 19.5 Å². The molecule has 0 aliphatic carbocycles. The van der Waals surface area contributed by atoms with Crippen LogP contribution in [0.4, 0.5) is 0 Å². The first-order valence-corrected chi connectivity index (χ1v) is 6.86. The van der Waals surface area contributed by atoms with Crippen molar-refractivity contribution < 1.29 is 4.42 Å². The minimum absolute atomic E-state index is 0.531. The second kappa shape index (κ2) is 6.17. The highest BCUT2D eigenvalue weighted by Gasteiger charge is 2.09. The lowest BCUT2D eigenvalue weighted by Crippen LogP contribution is -2.32. The van der Waals surface area contributed by atoms with Gasteiger partial charge < -0.3 is 15.1 Å². The molecule has 1 unspecified atom stereocenters. The fourth-order valence-corrected chi connectivity index (χ4v) is 2.23. The third-order valence-corrected chi connectivity index (χ3v) is 3.65. The molecule has 4 nitrogen and oxygen atoms in total. The highest BCUT2D eigenvalue weighted by molar-refractivity contribution is 5.73. The molecule has 2 N–H and O–H groups in total. The van der Waals surface area contributed by atoms with Crippen molar-refractivity contribution in [3.05, 3.63) is 29.7 Å². The van der Waals surface area contributed by atoms with E-state index in [9.17, 15) is 0 Å². The molecule has 0 saturated carbocycles. The van der Waals surface area contributed by atoms with Crippen molar-refractivity contribution in [3.8, 4) is 0 Å². The summed E-state index contributed by atoms with van der Waals surface area (Å²) >= 11 is 0. The lowest BCUT2D eigenvalue weighted by Gasteiger charge is -2.24. The van der Waals surface area contributed by atoms with Gasteiger partial charge in [0.25, 0.3) is 0 Å². The second-order valence-electron chi connectivity index (χ2n) is 5.19. The van der Waals surface area contributed by atoms with Gasteiger partial charge in [0.05, 0.1) is 0 Å². The van der Waals surface area contributed by atoms with E-state index in [4.69, 9.17) is 10.2 Å². The largest absolute Gasteiger partial charge is 0.441 e. The van der Waals surface area contributed by atoms with Crippen molar-refractivity contribution in [2.24, 2.45) is 5.73 Å². The number of benzene rings is 1. The molecule has 0 fully saturated rings. The first-order chi connectivity index (χ1) is 9.10. The number of likely N-dealkylation sites (N-methyl/N-ethyl adjacent to an activating group) is 1. The van der Waals surface area contributed by atoms with Gasteiger partial charge in [-0.05, 0) is 51.1 Å². The molecule has 0 saturated heterocycles. The van der Waals surface area contributed by atoms with E-state index < -0.39 is 0 Å². The molecule has 0 aliphatic rings. The standard InChI is InChI=1S/C15H23N3O/c1-11(6-8-16)18(3)9-7-13-4-5-15-14(10-13)17-12(2)19-15/h4-5,10-11H,6-9,16H2,1-3H3. The van der Waals surface area contributed by atoms with Crippen LogP contribution in [0.1, 0.15) is 24.8 Å². The third kappa shape index (κ3) is 3.55. The van der Waals surface area contributed by atoms with Gasteiger partial charge in [0.15, 0.2) is 11.5 Å². The van der Waals surface area contributed by atoms with Crippen LogP contribution in [-0.2, 0) is 6.42 Å². The molecule has 0 bridgehead atoms. The summed E-state index contributed by atoms with van der Waals surface area (Å²) in [5.41, 5.74) is 8.71. The molecule has 1 aromatic heterocycles. The highest BCUT2D eigenvalue weighted by atomic mass is 16.3. The molecule has 104 valence electrons. The first-order valence-electron chi connectivity index (χ1n) is 6.86. The Hall–Kier alpha value is -1.39. The van der Waals surface area contributed by atoms with Gasteiger partial charge in [0.1, 0.15) is 5.52 Å². The Morgan fingerprint density at radius 1 is 1.42 bits per heavy atom. The molecule has 0 amide bonds. The Kier molecular flexibility index (Phi) is 4.56. The number of nitrogens with two attached hydrogens (primary N) is 1. The summed E-state index contributed by atoms with van der Waals surface area (Å²) in [6.45, 7) is 5.87. The van der Waals surface area contributed by atoms with Crippen LogP contribution in [0.5, 0.6) is 0 Å². The maximum atomic E-state index is 5.59. The molecule has 19 heavy (non-hydrogen) atoms. The summed E-state index contributed by atoms with van der Waals surface area (Å²) in [5.74, 6) is 0.723. The van der Waals surface area contributed by atoms with Crippen molar-refractivity contribution in [2.75, 3.05) is 20.1 Å². The number of oxazole rings is 1. The first kappa shape index (κ1) is 14.0. The lowest BCUT2D eigenvalue weighted by molar-refractivity contribution is 0.251. The van der Waals surface area contributed by atoms with Crippen LogP contribution >= 0.6 is 0 Å². The number of hydrogen-bond acceptors (Lipinski definition) is 4. The number of nitrogens with zero attached hydrogens (tertiary/aromatic N) is 2. The predicted octanol–water partition coefficient (Wildman–Crippen LogP) is 2.35. The fraction of sp³-hybridized carbons (Fsp3) is 0.533. The molecule has 1 atom stereocenters. The summed E-state index contributed by atoms with van der Waals surface area (Å²) in [6.07, 6.45) is 2.06. The minimum atomic E-state index is 0.531. The normalized spacial score (nSPS) is 13.3. The Labute approximate surface area is 114 Å². The van der Waals surface area contributed by atoms with E-state index in [0.29, 0.717) is 6.04 Å². The molecule has 0 spiro atoms. The monoisotopic (exact) mass is 261 g/mol. The Morgan fingerprint density at radius 3 is 2.95 bits per heavy atom. The van der Waals surface area contributed by atoms with Crippen molar-refractivity contribution in [1.82, 2.24) is 9.88 Å². The van der Waals surface area contributed by atoms with E-state index in [1.807, 2.05) is 13.0 Å². The number of aromatic nitrogens is 1. The fourth-order valence-electron chi connectivity index (χ4n) is 2.23. The van der Waals surface area contributed by atoms with Gasteiger partial charge in [-0.25, -0.2) is 4.98 Å². The zero-order valence-electron chi connectivity index (χ0n) is 12.0. The van der Waals surface area contributed by atoms with Crippen molar-refractivity contribution in [2.45, 2.75) is 32.7 Å². The average molecular weight is 261 g/mol. The number of hydrogen-bond donors (Lipinski definition) is 1. The van der Waals surface area contributed by atoms with Gasteiger partial charge in [0.2, 0.25) is 0 Å². The van der Waals surface area contributed by atoms with Crippen LogP contribution in [0, 0.1) is 6.92 Å². The second-order valence-corrected chi connectivity index (χ2v) is 5.19. The van der Waals surface area contributed by atoms with E-state index in [0.717, 1.165) is 42.9 Å². The summed E-state index contributed by atoms with van der Waals surface area (Å²) in [6, 6.07) is 6.78. The number of aryl methyl sites for hydroxylation is 1. The van der Waals surface area contributed by atoms with Gasteiger partial charge in [-0.2, -0.15) is 0 Å². The quantitative estimate of drug-likeness (QED) is 0.867. The van der Waals surface area contributed by atoms with Gasteiger partial charge in [-0.15, -0.1) is 0 Å². The Morgan fingerprint density at radius 2 is 2.21 bits per heavy atom. The molecular weight excluding hydrogens is 238 g/mol. The average Bonchev–Trinajstić information content (AvgIpc) is 2.75. The summed E-state index contributed by atoms with van der Waals surface area (Å²) in [7, 11) is 2.15. The predicted molar refractivity (Wildman–Crippen MR) is 78.2 cm³/mol. The maximum Gasteiger partial charge on any atom is 0.192 e. The van der Waals surface area contributed by atoms with Gasteiger partial charge in [-0.1, -0.05) is 6.07 Å². The van der Waals surface area contributed by atoms with Crippen molar-refractivity contribution in [3.63, 3.8) is 0 Å². The van der Waals surface area contributed by atoms with Crippen LogP contribution in [0.25, 0.3) is 11.1 Å². The van der Waals surface area contributed by atoms with E-state index in [1.54, 1.807) is 0 Å². The van der Waals surface area contributed by atoms with Gasteiger partial charge >= 0.3 is 0 Å². The van der Waals surface area contributed by atoms with Crippen LogP contribution in [0.3, 0.4) is 0 Å². The summed E-state index contributed by atoms with van der Waals surface area (Å²) in [5, 5.41) is 0. The highest BCUT2D eigenvalue weighted by Crippen LogP contribution is 2.17. The summed E-state index contributed by atoms with van der Waals surface area (Å²) < 4.78 is 5.48. The van der Waals surface area contributed by atoms with Crippen LogP contribution in [-0.4, -0.2) is 36.1 Å². The smallest absolute Gasteiger partial charge is 0.192 e. The van der Waals surface area contributed by atoms with E-state index in [1.165, 1.54) is 5.56 Å². The molecule has 2 rings (SSSR count). The molecule has 0 radical (unpaired) electrons. The SMILES string of the molecule is Cc1nc2cc(CCN(C)C(C)CCN)ccc2o1. The summed E-state index contributed by atoms with van der Waals surface area (Å²) in [4.78, 5) is 6.72. The topological polar surface area (TPSA) is 55.3 Å². The number of rotatable bonds is 6. The van der Waals surface area contributed by atoms with Crippen LogP contribution in [0.15, 0.2) is 22.6 Å². The minimum Gasteiger partial charge on any atom is -0.441 e. The molecule has 4 heteroatoms. The Balaban J connectivity index is 1.97. The molecule has 1 aromatic carbocycles. The van der Waals surface area contributed by atoms with E-state index in [-0.39, 0.29) is 0 Å². The van der Waals surface area contributed by atoms with Gasteiger partial charge in [-0.3, -0.25) is 0 Å².